The van der Waals surface area contributed by atoms with Crippen LogP contribution in [0, 0.1) is 18.8 Å². The van der Waals surface area contributed by atoms with Gasteiger partial charge in [-0.15, -0.1) is 0 Å². The topological polar surface area (TPSA) is 141 Å². The zero-order valence-corrected chi connectivity index (χ0v) is 22.6. The van der Waals surface area contributed by atoms with Crippen molar-refractivity contribution in [2.75, 3.05) is 18.0 Å². The molecule has 182 valence electrons. The Morgan fingerprint density at radius 2 is 1.70 bits per heavy atom. The number of hydrogen-bond donors (Lipinski definition) is 2. The van der Waals surface area contributed by atoms with Gasteiger partial charge in [0.1, 0.15) is 5.69 Å². The number of halogens is 2. The number of hydrogen-bond acceptors (Lipinski definition) is 8. The third kappa shape index (κ3) is 5.77. The van der Waals surface area contributed by atoms with Crippen LogP contribution in [0.15, 0.2) is 24.3 Å². The zero-order chi connectivity index (χ0) is 25.0. The minimum absolute atomic E-state index is 0. The van der Waals surface area contributed by atoms with Gasteiger partial charge in [0, 0.05) is 43.1 Å². The van der Waals surface area contributed by atoms with Gasteiger partial charge in [0.2, 0.25) is 0 Å². The van der Waals surface area contributed by atoms with Crippen LogP contribution in [0.5, 0.6) is 0 Å². The Hall–Kier alpha value is -1.89. The van der Waals surface area contributed by atoms with Crippen LogP contribution in [0.2, 0.25) is 10.0 Å². The van der Waals surface area contributed by atoms with Crippen LogP contribution in [0.4, 0.5) is 5.13 Å². The van der Waals surface area contributed by atoms with Crippen LogP contribution in [0.1, 0.15) is 47.5 Å². The fourth-order valence-corrected chi connectivity index (χ4v) is 5.91. The number of carboxylic acid groups (broad SMARTS) is 2. The van der Waals surface area contributed by atoms with E-state index >= 15 is 0 Å². The maximum atomic E-state index is 12.6. The molecule has 5 rings (SSSR count). The van der Waals surface area contributed by atoms with E-state index in [4.69, 9.17) is 23.2 Å². The SMILES string of the molecule is Cc1[nH]c(C(=O)NC2[C@H]3CN(c4nc(Cc5ccc(C(=O)[O-])cc5)c(C(=O)[O-])s4)C[C@@H]23)c(Cl)c1Cl.[Li+].[Li+]. The number of aromatic carboxylic acids is 2. The first kappa shape index (κ1) is 29.7. The van der Waals surface area contributed by atoms with E-state index in [0.717, 1.165) is 16.9 Å². The van der Waals surface area contributed by atoms with Crippen molar-refractivity contribution in [3.63, 3.8) is 0 Å². The predicted octanol–water partition coefficient (Wildman–Crippen LogP) is -4.72. The molecule has 1 aromatic carbocycles. The van der Waals surface area contributed by atoms with Crippen LogP contribution >= 0.6 is 34.5 Å². The van der Waals surface area contributed by atoms with E-state index in [0.29, 0.717) is 34.6 Å². The molecule has 0 bridgehead atoms. The quantitative estimate of drug-likeness (QED) is 0.283. The van der Waals surface area contributed by atoms with Crippen molar-refractivity contribution in [2.45, 2.75) is 19.4 Å². The molecule has 3 heterocycles. The predicted molar refractivity (Wildman–Crippen MR) is 126 cm³/mol. The molecule has 9 nitrogen and oxygen atoms in total. The normalized spacial score (nSPS) is 19.4. The number of anilines is 1. The Bertz CT molecular complexity index is 1350. The molecule has 1 aliphatic heterocycles. The van der Waals surface area contributed by atoms with Gasteiger partial charge in [0.15, 0.2) is 5.13 Å². The zero-order valence-electron chi connectivity index (χ0n) is 20.3. The number of nitrogens with one attached hydrogen (secondary N) is 2. The minimum atomic E-state index is -1.30. The summed E-state index contributed by atoms with van der Waals surface area (Å²) >= 11 is 13.3. The Balaban J connectivity index is 0.00000190. The monoisotopic (exact) mass is 546 g/mol. The second-order valence-electron chi connectivity index (χ2n) is 8.71. The molecule has 1 saturated heterocycles. The number of fused-ring (bicyclic) bond motifs is 1. The van der Waals surface area contributed by atoms with E-state index in [9.17, 15) is 24.6 Å². The number of rotatable bonds is 7. The number of aromatic nitrogens is 2. The Labute approximate surface area is 250 Å². The van der Waals surface area contributed by atoms with Crippen molar-refractivity contribution in [1.29, 1.82) is 0 Å². The molecule has 2 aliphatic rings. The summed E-state index contributed by atoms with van der Waals surface area (Å²) in [6.07, 6.45) is 0.228. The number of aryl methyl sites for hydroxylation is 1. The summed E-state index contributed by atoms with van der Waals surface area (Å²) in [5.41, 5.74) is 2.00. The standard InChI is InChI=1S/C23H20Cl2N4O5S.2Li/c1-9-15(24)16(25)18(26-9)20(30)28-17-12-7-29(8-13(12)17)23-27-14(19(35-23)22(33)34)6-10-2-4-11(5-3-10)21(31)32;;/h2-5,12-13,17,26H,6-8H2,1H3,(H,28,30)(H,31,32)(H,33,34);;/q;2*+1/p-2/t12-,13+,17?;;. The molecule has 3 atom stereocenters. The number of H-pyrrole nitrogens is 1. The minimum Gasteiger partial charge on any atom is -0.545 e. The van der Waals surface area contributed by atoms with Gasteiger partial charge in [-0.05, 0) is 18.1 Å². The third-order valence-electron chi connectivity index (χ3n) is 6.48. The maximum Gasteiger partial charge on any atom is 1.00 e. The van der Waals surface area contributed by atoms with E-state index in [2.05, 4.69) is 15.3 Å². The van der Waals surface area contributed by atoms with Gasteiger partial charge < -0.3 is 35.0 Å². The van der Waals surface area contributed by atoms with E-state index < -0.39 is 11.9 Å². The summed E-state index contributed by atoms with van der Waals surface area (Å²) in [5, 5.41) is 26.7. The Morgan fingerprint density at radius 3 is 2.22 bits per heavy atom. The summed E-state index contributed by atoms with van der Waals surface area (Å²) in [7, 11) is 0. The molecule has 1 aliphatic carbocycles. The second kappa shape index (κ2) is 11.5. The number of thiazole rings is 1. The van der Waals surface area contributed by atoms with E-state index in [1.54, 1.807) is 19.1 Å². The van der Waals surface area contributed by atoms with Crippen molar-refractivity contribution in [2.24, 2.45) is 11.8 Å². The molecule has 2 N–H and O–H groups in total. The van der Waals surface area contributed by atoms with Gasteiger partial charge in [-0.3, -0.25) is 4.79 Å². The fourth-order valence-electron chi connectivity index (χ4n) is 4.55. The fraction of sp³-hybridized carbons (Fsp3) is 0.304. The smallest absolute Gasteiger partial charge is 0.545 e. The summed E-state index contributed by atoms with van der Waals surface area (Å²) in [6.45, 7) is 3.00. The molecule has 14 heteroatoms. The molecular formula is C23H18Cl2Li2N4O5S. The number of carbonyl (C=O) groups is 3. The summed E-state index contributed by atoms with van der Waals surface area (Å²) in [5.74, 6) is -2.45. The van der Waals surface area contributed by atoms with Crippen LogP contribution in [-0.2, 0) is 6.42 Å². The molecule has 2 fully saturated rings. The molecule has 3 aromatic rings. The first-order chi connectivity index (χ1) is 16.6. The average molecular weight is 547 g/mol. The molecule has 37 heavy (non-hydrogen) atoms. The van der Waals surface area contributed by atoms with E-state index in [1.807, 2.05) is 4.90 Å². The molecule has 0 radical (unpaired) electrons. The number of piperidine rings is 1. The Morgan fingerprint density at radius 1 is 1.08 bits per heavy atom. The largest absolute Gasteiger partial charge is 1.00 e. The maximum absolute atomic E-state index is 12.6. The molecule has 1 amide bonds. The number of carbonyl (C=O) groups excluding carboxylic acids is 3. The van der Waals surface area contributed by atoms with Crippen molar-refractivity contribution in [3.05, 3.63) is 67.4 Å². The first-order valence-corrected chi connectivity index (χ1v) is 12.3. The summed E-state index contributed by atoms with van der Waals surface area (Å²) < 4.78 is 0. The molecule has 1 unspecified atom stereocenters. The van der Waals surface area contributed by atoms with Crippen LogP contribution in [0.3, 0.4) is 0 Å². The van der Waals surface area contributed by atoms with E-state index in [1.165, 1.54) is 12.1 Å². The van der Waals surface area contributed by atoms with E-state index in [-0.39, 0.29) is 89.1 Å². The Kier molecular flexibility index (Phi) is 9.20. The number of carboxylic acids is 2. The molecule has 2 aromatic heterocycles. The van der Waals surface area contributed by atoms with Gasteiger partial charge in [-0.2, -0.15) is 0 Å². The van der Waals surface area contributed by atoms with Gasteiger partial charge >= 0.3 is 37.7 Å². The van der Waals surface area contributed by atoms with Crippen molar-refractivity contribution in [3.8, 4) is 0 Å². The first-order valence-electron chi connectivity index (χ1n) is 10.7. The third-order valence-corrected chi connectivity index (χ3v) is 8.56. The number of aromatic amines is 1. The molecule has 1 saturated carbocycles. The van der Waals surface area contributed by atoms with Gasteiger partial charge in [0.05, 0.1) is 32.6 Å². The van der Waals surface area contributed by atoms with Crippen LogP contribution < -0.4 is 58.2 Å². The van der Waals surface area contributed by atoms with Crippen LogP contribution in [0.25, 0.3) is 0 Å². The number of nitrogens with zero attached hydrogens (tertiary/aromatic N) is 2. The molecular weight excluding hydrogens is 529 g/mol. The van der Waals surface area contributed by atoms with Crippen molar-refractivity contribution in [1.82, 2.24) is 15.3 Å². The van der Waals surface area contributed by atoms with Gasteiger partial charge in [-0.25, -0.2) is 4.98 Å². The summed E-state index contributed by atoms with van der Waals surface area (Å²) in [6, 6.07) is 6.03. The summed E-state index contributed by atoms with van der Waals surface area (Å²) in [4.78, 5) is 44.7. The van der Waals surface area contributed by atoms with Crippen LogP contribution in [-0.4, -0.2) is 46.9 Å². The average Bonchev–Trinajstić information content (AvgIpc) is 3.19. The van der Waals surface area contributed by atoms with Gasteiger partial charge in [-0.1, -0.05) is 58.8 Å². The van der Waals surface area contributed by atoms with Gasteiger partial charge in [0.25, 0.3) is 5.91 Å². The van der Waals surface area contributed by atoms with Crippen molar-refractivity contribution < 1.29 is 62.3 Å². The van der Waals surface area contributed by atoms with Crippen molar-refractivity contribution >= 4 is 57.5 Å². The number of amides is 1. The number of benzene rings is 1. The second-order valence-corrected chi connectivity index (χ2v) is 10.4. The molecule has 0 spiro atoms.